The van der Waals surface area contributed by atoms with E-state index in [0.717, 1.165) is 25.7 Å². The van der Waals surface area contributed by atoms with E-state index in [9.17, 15) is 13.2 Å². The summed E-state index contributed by atoms with van der Waals surface area (Å²) in [5, 5.41) is -1.60. The zero-order valence-corrected chi connectivity index (χ0v) is 11.6. The Kier molecular flexibility index (Phi) is 4.98. The van der Waals surface area contributed by atoms with Crippen LogP contribution >= 0.6 is 0 Å². The van der Waals surface area contributed by atoms with Crippen LogP contribution in [0.5, 0.6) is 0 Å². The summed E-state index contributed by atoms with van der Waals surface area (Å²) in [6.07, 6.45) is 4.93. The van der Waals surface area contributed by atoms with E-state index in [1.54, 1.807) is 13.8 Å². The second kappa shape index (κ2) is 5.85. The lowest BCUT2D eigenvalue weighted by molar-refractivity contribution is -0.149. The molecule has 1 saturated carbocycles. The van der Waals surface area contributed by atoms with E-state index in [-0.39, 0.29) is 6.10 Å². The first-order valence-corrected chi connectivity index (χ1v) is 7.90. The average molecular weight is 262 g/mol. The fraction of sp³-hybridized carbons (Fsp3) is 0.917. The summed E-state index contributed by atoms with van der Waals surface area (Å²) in [6, 6.07) is 0. The molecule has 0 bridgehead atoms. The lowest BCUT2D eigenvalue weighted by atomic mass is 9.98. The minimum atomic E-state index is -3.40. The van der Waals surface area contributed by atoms with Gasteiger partial charge < -0.3 is 4.74 Å². The fourth-order valence-corrected chi connectivity index (χ4v) is 3.13. The molecule has 0 amide bonds. The Morgan fingerprint density at radius 3 is 2.12 bits per heavy atom. The van der Waals surface area contributed by atoms with Crippen LogP contribution in [-0.4, -0.2) is 31.0 Å². The summed E-state index contributed by atoms with van der Waals surface area (Å²) in [7, 11) is -3.40. The number of hydrogen-bond acceptors (Lipinski definition) is 4. The average Bonchev–Trinajstić information content (AvgIpc) is 2.29. The number of rotatable bonds is 4. The van der Waals surface area contributed by atoms with Crippen LogP contribution < -0.4 is 0 Å². The third-order valence-electron chi connectivity index (χ3n) is 3.32. The maximum Gasteiger partial charge on any atom is 0.324 e. The van der Waals surface area contributed by atoms with E-state index in [2.05, 4.69) is 0 Å². The van der Waals surface area contributed by atoms with Crippen molar-refractivity contribution in [2.45, 2.75) is 69.5 Å². The van der Waals surface area contributed by atoms with Gasteiger partial charge in [-0.2, -0.15) is 0 Å². The topological polar surface area (TPSA) is 60.4 Å². The van der Waals surface area contributed by atoms with Crippen LogP contribution in [0.15, 0.2) is 0 Å². The molecule has 0 aromatic carbocycles. The molecule has 4 nitrogen and oxygen atoms in total. The molecule has 0 aliphatic heterocycles. The molecule has 5 heteroatoms. The fourth-order valence-electron chi connectivity index (χ4n) is 1.99. The molecule has 0 heterocycles. The lowest BCUT2D eigenvalue weighted by Gasteiger charge is -2.24. The highest BCUT2D eigenvalue weighted by Crippen LogP contribution is 2.21. The normalized spacial score (nSPS) is 20.2. The first-order valence-electron chi connectivity index (χ1n) is 6.29. The van der Waals surface area contributed by atoms with E-state index in [4.69, 9.17) is 4.74 Å². The summed E-state index contributed by atoms with van der Waals surface area (Å²) in [4.78, 5) is 11.8. The van der Waals surface area contributed by atoms with Gasteiger partial charge in [0, 0.05) is 0 Å². The molecular weight excluding hydrogens is 240 g/mol. The quantitative estimate of drug-likeness (QED) is 0.728. The van der Waals surface area contributed by atoms with Crippen molar-refractivity contribution in [2.75, 3.05) is 0 Å². The van der Waals surface area contributed by atoms with Crippen LogP contribution in [0.25, 0.3) is 0 Å². The number of hydrogen-bond donors (Lipinski definition) is 0. The Balaban J connectivity index is 2.58. The highest BCUT2D eigenvalue weighted by atomic mass is 32.2. The van der Waals surface area contributed by atoms with Crippen molar-refractivity contribution >= 4 is 15.8 Å². The van der Waals surface area contributed by atoms with Gasteiger partial charge in [0.2, 0.25) is 0 Å². The first kappa shape index (κ1) is 14.5. The smallest absolute Gasteiger partial charge is 0.324 e. The highest BCUT2D eigenvalue weighted by Gasteiger charge is 2.33. The van der Waals surface area contributed by atoms with Crippen molar-refractivity contribution < 1.29 is 17.9 Å². The molecule has 1 rings (SSSR count). The molecule has 1 fully saturated rings. The van der Waals surface area contributed by atoms with Crippen LogP contribution in [0, 0.1) is 0 Å². The molecule has 0 spiro atoms. The molecule has 0 radical (unpaired) electrons. The standard InChI is InChI=1S/C12H22O4S/c1-9(2)17(14,15)10(3)12(13)16-11-7-5-4-6-8-11/h9-11H,4-8H2,1-3H3. The maximum atomic E-state index is 11.8. The van der Waals surface area contributed by atoms with Crippen LogP contribution in [0.3, 0.4) is 0 Å². The van der Waals surface area contributed by atoms with Gasteiger partial charge >= 0.3 is 5.97 Å². The summed E-state index contributed by atoms with van der Waals surface area (Å²) < 4.78 is 28.9. The van der Waals surface area contributed by atoms with E-state index in [1.807, 2.05) is 0 Å². The number of ether oxygens (including phenoxy) is 1. The van der Waals surface area contributed by atoms with E-state index in [0.29, 0.717) is 0 Å². The van der Waals surface area contributed by atoms with Gasteiger partial charge in [0.15, 0.2) is 15.1 Å². The minimum Gasteiger partial charge on any atom is -0.461 e. The van der Waals surface area contributed by atoms with Gasteiger partial charge in [-0.1, -0.05) is 6.42 Å². The predicted molar refractivity (Wildman–Crippen MR) is 66.5 cm³/mol. The third kappa shape index (κ3) is 3.69. The lowest BCUT2D eigenvalue weighted by Crippen LogP contribution is -2.36. The molecule has 0 aromatic heterocycles. The van der Waals surface area contributed by atoms with Crippen LogP contribution in [0.1, 0.15) is 52.9 Å². The second-order valence-electron chi connectivity index (χ2n) is 4.98. The SMILES string of the molecule is CC(C)S(=O)(=O)C(C)C(=O)OC1CCCCC1. The van der Waals surface area contributed by atoms with Gasteiger partial charge in [0.25, 0.3) is 0 Å². The molecule has 100 valence electrons. The van der Waals surface area contributed by atoms with Crippen LogP contribution in [-0.2, 0) is 19.4 Å². The Hall–Kier alpha value is -0.580. The number of carbonyl (C=O) groups is 1. The molecule has 0 aromatic rings. The first-order chi connectivity index (χ1) is 7.85. The van der Waals surface area contributed by atoms with Crippen molar-refractivity contribution in [1.29, 1.82) is 0 Å². The Labute approximate surface area is 104 Å². The minimum absolute atomic E-state index is 0.0823. The third-order valence-corrected chi connectivity index (χ3v) is 5.81. The molecular formula is C12H22O4S. The van der Waals surface area contributed by atoms with E-state index < -0.39 is 26.3 Å². The zero-order valence-electron chi connectivity index (χ0n) is 10.8. The van der Waals surface area contributed by atoms with Gasteiger partial charge in [0.05, 0.1) is 5.25 Å². The number of esters is 1. The Bertz CT molecular complexity index is 353. The predicted octanol–water partition coefficient (Wildman–Crippen LogP) is 2.07. The van der Waals surface area contributed by atoms with Gasteiger partial charge in [-0.3, -0.25) is 4.79 Å². The van der Waals surface area contributed by atoms with E-state index >= 15 is 0 Å². The Morgan fingerprint density at radius 2 is 1.65 bits per heavy atom. The van der Waals surface area contributed by atoms with E-state index in [1.165, 1.54) is 13.3 Å². The molecule has 1 aliphatic rings. The number of sulfone groups is 1. The van der Waals surface area contributed by atoms with Gasteiger partial charge in [-0.05, 0) is 46.5 Å². The summed E-state index contributed by atoms with van der Waals surface area (Å²) in [5.41, 5.74) is 0. The molecule has 1 aliphatic carbocycles. The summed E-state index contributed by atoms with van der Waals surface area (Å²) in [5.74, 6) is -0.592. The Morgan fingerprint density at radius 1 is 1.12 bits per heavy atom. The van der Waals surface area contributed by atoms with Crippen molar-refractivity contribution in [1.82, 2.24) is 0 Å². The van der Waals surface area contributed by atoms with Gasteiger partial charge in [0.1, 0.15) is 6.10 Å². The van der Waals surface area contributed by atoms with Gasteiger partial charge in [-0.25, -0.2) is 8.42 Å². The molecule has 0 N–H and O–H groups in total. The van der Waals surface area contributed by atoms with Crippen LogP contribution in [0.4, 0.5) is 0 Å². The van der Waals surface area contributed by atoms with Crippen molar-refractivity contribution in [3.63, 3.8) is 0 Å². The largest absolute Gasteiger partial charge is 0.461 e. The van der Waals surface area contributed by atoms with Crippen molar-refractivity contribution in [3.8, 4) is 0 Å². The highest BCUT2D eigenvalue weighted by molar-refractivity contribution is 7.93. The second-order valence-corrected chi connectivity index (χ2v) is 7.80. The molecule has 0 saturated heterocycles. The monoisotopic (exact) mass is 262 g/mol. The molecule has 17 heavy (non-hydrogen) atoms. The van der Waals surface area contributed by atoms with Crippen LogP contribution in [0.2, 0.25) is 0 Å². The molecule has 1 atom stereocenters. The maximum absolute atomic E-state index is 11.8. The number of carbonyl (C=O) groups excluding carboxylic acids is 1. The van der Waals surface area contributed by atoms with Crippen molar-refractivity contribution in [2.24, 2.45) is 0 Å². The van der Waals surface area contributed by atoms with Gasteiger partial charge in [-0.15, -0.1) is 0 Å². The zero-order chi connectivity index (χ0) is 13.1. The summed E-state index contributed by atoms with van der Waals surface area (Å²) >= 11 is 0. The van der Waals surface area contributed by atoms with Crippen molar-refractivity contribution in [3.05, 3.63) is 0 Å². The molecule has 1 unspecified atom stereocenters. The summed E-state index contributed by atoms with van der Waals surface area (Å²) in [6.45, 7) is 4.58.